The van der Waals surface area contributed by atoms with Crippen LogP contribution < -0.4 is 5.32 Å². The van der Waals surface area contributed by atoms with Crippen LogP contribution in [0.3, 0.4) is 0 Å². The largest absolute Gasteiger partial charge is 0.481 e. The summed E-state index contributed by atoms with van der Waals surface area (Å²) < 4.78 is 25.5. The zero-order chi connectivity index (χ0) is 36.5. The number of hydrogen-bond acceptors (Lipinski definition) is 7. The molecule has 4 rings (SSSR count). The molecule has 0 radical (unpaired) electrons. The first-order valence-corrected chi connectivity index (χ1v) is 14.7. The fourth-order valence-corrected chi connectivity index (χ4v) is 4.11. The number of nitrogens with one attached hydrogen (secondary N) is 1. The number of carbonyl (C=O) groups excluding carboxylic acids is 4. The number of rotatable bonds is 13. The number of carboxylic acid groups (broad SMARTS) is 3. The molecule has 0 heterocycles. The third-order valence-corrected chi connectivity index (χ3v) is 6.53. The minimum atomic E-state index is -1.13. The van der Waals surface area contributed by atoms with Crippen LogP contribution in [0, 0.1) is 11.6 Å². The molecule has 0 aromatic heterocycles. The Labute approximate surface area is 279 Å². The van der Waals surface area contributed by atoms with Gasteiger partial charge in [-0.2, -0.15) is 0 Å². The Hall–Kier alpha value is -6.11. The summed E-state index contributed by atoms with van der Waals surface area (Å²) in [5.74, 6) is -5.99. The summed E-state index contributed by atoms with van der Waals surface area (Å²) in [6, 6.07) is 22.1. The lowest BCUT2D eigenvalue weighted by Gasteiger charge is -2.03. The van der Waals surface area contributed by atoms with Gasteiger partial charge in [0.1, 0.15) is 11.6 Å². The van der Waals surface area contributed by atoms with Gasteiger partial charge in [0.05, 0.1) is 24.8 Å². The highest BCUT2D eigenvalue weighted by Crippen LogP contribution is 2.17. The zero-order valence-corrected chi connectivity index (χ0v) is 26.3. The Bertz CT molecular complexity index is 1840. The number of hydrogen-bond donors (Lipinski definition) is 4. The quantitative estimate of drug-likeness (QED) is 0.112. The molecule has 0 fully saturated rings. The lowest BCUT2D eigenvalue weighted by Crippen LogP contribution is -2.07. The van der Waals surface area contributed by atoms with Crippen LogP contribution in [0.4, 0.5) is 14.5 Å². The second kappa shape index (κ2) is 19.5. The molecule has 0 aliphatic rings. The van der Waals surface area contributed by atoms with E-state index in [4.69, 9.17) is 15.3 Å². The van der Waals surface area contributed by atoms with Gasteiger partial charge in [0.15, 0.2) is 17.3 Å². The van der Waals surface area contributed by atoms with Gasteiger partial charge in [-0.15, -0.1) is 0 Å². The van der Waals surface area contributed by atoms with E-state index in [0.717, 1.165) is 22.9 Å². The molecule has 49 heavy (non-hydrogen) atoms. The maximum atomic E-state index is 13.0. The first kappa shape index (κ1) is 39.1. The van der Waals surface area contributed by atoms with Crippen LogP contribution in [0.5, 0.6) is 0 Å². The number of carboxylic acids is 3. The van der Waals surface area contributed by atoms with Crippen molar-refractivity contribution in [1.29, 1.82) is 0 Å². The highest BCUT2D eigenvalue weighted by molar-refractivity contribution is 6.01. The molecule has 13 heteroatoms. The predicted octanol–water partition coefficient (Wildman–Crippen LogP) is 6.59. The van der Waals surface area contributed by atoms with E-state index >= 15 is 0 Å². The lowest BCUT2D eigenvalue weighted by molar-refractivity contribution is -0.137. The normalized spacial score (nSPS) is 10.0. The Morgan fingerprint density at radius 1 is 0.551 bits per heavy atom. The van der Waals surface area contributed by atoms with Gasteiger partial charge < -0.3 is 20.6 Å². The monoisotopic (exact) mass is 677 g/mol. The van der Waals surface area contributed by atoms with Crippen molar-refractivity contribution in [3.63, 3.8) is 0 Å². The van der Waals surface area contributed by atoms with E-state index in [-0.39, 0.29) is 61.6 Å². The minimum absolute atomic E-state index is 0.0190. The number of anilines is 1. The first-order valence-electron chi connectivity index (χ1n) is 14.7. The predicted molar refractivity (Wildman–Crippen MR) is 175 cm³/mol. The summed E-state index contributed by atoms with van der Waals surface area (Å²) >= 11 is 0. The van der Waals surface area contributed by atoms with Crippen molar-refractivity contribution >= 4 is 57.6 Å². The Morgan fingerprint density at radius 3 is 1.55 bits per heavy atom. The standard InChI is InChI=1S/C14H12O3.C12H13NO4.C10H8F2O3/c15-13(7-8-14(16)17)12-6-5-10-3-1-2-4-11(10)9-12;1-8(14)13-10-4-2-9(3-5-10)11(15)6-7-12(16)17;11-6-1-2-7(8(12)5-6)9(13)3-4-10(14)15/h1-6,9H,7-8H2,(H,16,17);2-5H,6-7H2,1H3,(H,13,14)(H,16,17);1-2,5H,3-4H2,(H,14,15). The Morgan fingerprint density at radius 2 is 1.04 bits per heavy atom. The molecule has 0 aliphatic heterocycles. The molecule has 1 amide bonds. The Kier molecular flexibility index (Phi) is 15.6. The van der Waals surface area contributed by atoms with E-state index in [2.05, 4.69) is 5.32 Å². The van der Waals surface area contributed by atoms with Crippen molar-refractivity contribution in [3.05, 3.63) is 113 Å². The average Bonchev–Trinajstić information content (AvgIpc) is 3.05. The number of ketones is 3. The van der Waals surface area contributed by atoms with Gasteiger partial charge in [-0.05, 0) is 53.2 Å². The van der Waals surface area contributed by atoms with Crippen LogP contribution in [-0.2, 0) is 19.2 Å². The third-order valence-electron chi connectivity index (χ3n) is 6.53. The molecule has 0 bridgehead atoms. The van der Waals surface area contributed by atoms with Crippen molar-refractivity contribution in [2.45, 2.75) is 45.4 Å². The van der Waals surface area contributed by atoms with Crippen molar-refractivity contribution in [3.8, 4) is 0 Å². The summed E-state index contributed by atoms with van der Waals surface area (Å²) in [6.07, 6.45) is -0.923. The zero-order valence-electron chi connectivity index (χ0n) is 26.3. The van der Waals surface area contributed by atoms with Gasteiger partial charge in [0.25, 0.3) is 0 Å². The summed E-state index contributed by atoms with van der Waals surface area (Å²) in [5, 5.41) is 29.9. The van der Waals surface area contributed by atoms with Crippen LogP contribution in [-0.4, -0.2) is 56.5 Å². The van der Waals surface area contributed by atoms with Crippen LogP contribution in [0.15, 0.2) is 84.9 Å². The summed E-state index contributed by atoms with van der Waals surface area (Å²) in [6.45, 7) is 1.39. The summed E-state index contributed by atoms with van der Waals surface area (Å²) in [4.78, 5) is 76.2. The summed E-state index contributed by atoms with van der Waals surface area (Å²) in [7, 11) is 0. The molecule has 0 unspecified atom stereocenters. The van der Waals surface area contributed by atoms with Crippen LogP contribution in [0.1, 0.15) is 76.5 Å². The number of benzene rings is 4. The molecular formula is C36H33F2NO10. The average molecular weight is 678 g/mol. The van der Waals surface area contributed by atoms with Gasteiger partial charge in [-0.3, -0.25) is 33.6 Å². The highest BCUT2D eigenvalue weighted by atomic mass is 19.1. The molecule has 256 valence electrons. The number of carbonyl (C=O) groups is 7. The van der Waals surface area contributed by atoms with Crippen LogP contribution >= 0.6 is 0 Å². The van der Waals surface area contributed by atoms with E-state index in [1.807, 2.05) is 30.3 Å². The number of amides is 1. The molecule has 0 aliphatic carbocycles. The molecule has 4 N–H and O–H groups in total. The van der Waals surface area contributed by atoms with E-state index in [0.29, 0.717) is 22.9 Å². The smallest absolute Gasteiger partial charge is 0.303 e. The second-order valence-electron chi connectivity index (χ2n) is 10.4. The lowest BCUT2D eigenvalue weighted by atomic mass is 10.0. The van der Waals surface area contributed by atoms with E-state index in [1.54, 1.807) is 36.4 Å². The summed E-state index contributed by atoms with van der Waals surface area (Å²) in [5.41, 5.74) is 1.34. The highest BCUT2D eigenvalue weighted by Gasteiger charge is 2.14. The second-order valence-corrected chi connectivity index (χ2v) is 10.4. The molecule has 0 saturated heterocycles. The number of fused-ring (bicyclic) bond motifs is 1. The van der Waals surface area contributed by atoms with Gasteiger partial charge in [-0.25, -0.2) is 8.78 Å². The SMILES string of the molecule is CC(=O)Nc1ccc(C(=O)CCC(=O)O)cc1.O=C(O)CCC(=O)c1ccc(F)cc1F.O=C(O)CCC(=O)c1ccc2ccccc2c1. The third kappa shape index (κ3) is 14.5. The fourth-order valence-electron chi connectivity index (χ4n) is 4.11. The van der Waals surface area contributed by atoms with Crippen molar-refractivity contribution in [2.24, 2.45) is 0 Å². The van der Waals surface area contributed by atoms with Crippen molar-refractivity contribution in [1.82, 2.24) is 0 Å². The van der Waals surface area contributed by atoms with Crippen molar-refractivity contribution < 1.29 is 57.7 Å². The van der Waals surface area contributed by atoms with E-state index in [9.17, 15) is 42.3 Å². The van der Waals surface area contributed by atoms with Crippen LogP contribution in [0.25, 0.3) is 10.8 Å². The number of halogens is 2. The molecular weight excluding hydrogens is 644 g/mol. The molecule has 11 nitrogen and oxygen atoms in total. The van der Waals surface area contributed by atoms with Crippen molar-refractivity contribution in [2.75, 3.05) is 5.32 Å². The molecule has 0 atom stereocenters. The fraction of sp³-hybridized carbons (Fsp3) is 0.194. The maximum absolute atomic E-state index is 13.0. The van der Waals surface area contributed by atoms with Gasteiger partial charge in [0, 0.05) is 49.1 Å². The van der Waals surface area contributed by atoms with Gasteiger partial charge in [0.2, 0.25) is 5.91 Å². The molecule has 4 aromatic carbocycles. The molecule has 0 saturated carbocycles. The van der Waals surface area contributed by atoms with E-state index in [1.165, 1.54) is 6.92 Å². The molecule has 0 spiro atoms. The minimum Gasteiger partial charge on any atom is -0.481 e. The van der Waals surface area contributed by atoms with Gasteiger partial charge in [-0.1, -0.05) is 36.4 Å². The first-order chi connectivity index (χ1) is 23.2. The number of Topliss-reactive ketones (excluding diaryl/α,β-unsaturated/α-hetero) is 3. The Balaban J connectivity index is 0.000000256. The topological polar surface area (TPSA) is 192 Å². The van der Waals surface area contributed by atoms with E-state index < -0.39 is 35.3 Å². The number of aliphatic carboxylic acids is 3. The van der Waals surface area contributed by atoms with Gasteiger partial charge >= 0.3 is 17.9 Å². The molecule has 4 aromatic rings. The van der Waals surface area contributed by atoms with Crippen LogP contribution in [0.2, 0.25) is 0 Å². The maximum Gasteiger partial charge on any atom is 0.303 e.